The van der Waals surface area contributed by atoms with Crippen LogP contribution < -0.4 is 15.8 Å². The topological polar surface area (TPSA) is 67.6 Å². The second kappa shape index (κ2) is 8.84. The van der Waals surface area contributed by atoms with E-state index >= 15 is 0 Å². The predicted molar refractivity (Wildman–Crippen MR) is 119 cm³/mol. The summed E-state index contributed by atoms with van der Waals surface area (Å²) >= 11 is 20.1. The Morgan fingerprint density at radius 2 is 1.90 bits per heavy atom. The maximum atomic E-state index is 12.3. The van der Waals surface area contributed by atoms with Gasteiger partial charge in [0.1, 0.15) is 12.4 Å². The lowest BCUT2D eigenvalue weighted by atomic mass is 9.97. The Kier molecular flexibility index (Phi) is 6.64. The third kappa shape index (κ3) is 4.19. The van der Waals surface area contributed by atoms with Crippen molar-refractivity contribution in [3.8, 4) is 5.75 Å². The minimum Gasteiger partial charge on any atom is -0.487 e. The molecule has 1 aliphatic heterocycles. The van der Waals surface area contributed by atoms with E-state index in [1.807, 2.05) is 37.3 Å². The Labute approximate surface area is 185 Å². The summed E-state index contributed by atoms with van der Waals surface area (Å²) in [5, 5.41) is 3.98. The van der Waals surface area contributed by atoms with Crippen molar-refractivity contribution in [2.24, 2.45) is 5.73 Å². The minimum atomic E-state index is -1.08. The van der Waals surface area contributed by atoms with E-state index in [1.54, 1.807) is 19.2 Å². The van der Waals surface area contributed by atoms with Gasteiger partial charge in [-0.05, 0) is 24.1 Å². The molecule has 2 aromatic carbocycles. The summed E-state index contributed by atoms with van der Waals surface area (Å²) in [6.07, 6.45) is 0.477. The normalized spacial score (nSPS) is 18.1. The maximum Gasteiger partial charge on any atom is 0.240 e. The molecule has 5 nitrogen and oxygen atoms in total. The first-order valence-corrected chi connectivity index (χ1v) is 10.3. The van der Waals surface area contributed by atoms with Crippen molar-refractivity contribution in [3.05, 3.63) is 64.3 Å². The molecule has 29 heavy (non-hydrogen) atoms. The van der Waals surface area contributed by atoms with Crippen molar-refractivity contribution in [2.75, 3.05) is 18.9 Å². The number of anilines is 1. The molecular formula is C21H22Cl3N3O2. The van der Waals surface area contributed by atoms with Crippen LogP contribution in [0.5, 0.6) is 5.75 Å². The molecule has 3 N–H and O–H groups in total. The lowest BCUT2D eigenvalue weighted by Crippen LogP contribution is -2.46. The average molecular weight is 455 g/mol. The molecular weight excluding hydrogens is 433 g/mol. The highest BCUT2D eigenvalue weighted by Gasteiger charge is 2.42. The molecule has 0 saturated heterocycles. The largest absolute Gasteiger partial charge is 0.487 e. The highest BCUT2D eigenvalue weighted by Crippen LogP contribution is 2.50. The van der Waals surface area contributed by atoms with Crippen LogP contribution in [0.3, 0.4) is 0 Å². The molecule has 0 aliphatic carbocycles. The molecule has 1 atom stereocenters. The van der Waals surface area contributed by atoms with Gasteiger partial charge in [-0.3, -0.25) is 4.79 Å². The molecule has 1 unspecified atom stereocenters. The molecule has 154 valence electrons. The van der Waals surface area contributed by atoms with Crippen molar-refractivity contribution in [1.82, 2.24) is 4.90 Å². The van der Waals surface area contributed by atoms with Gasteiger partial charge < -0.3 is 20.7 Å². The van der Waals surface area contributed by atoms with Crippen LogP contribution in [-0.4, -0.2) is 29.4 Å². The van der Waals surface area contributed by atoms with Gasteiger partial charge in [-0.1, -0.05) is 72.1 Å². The third-order valence-electron chi connectivity index (χ3n) is 4.84. The number of ether oxygens (including phenoxy) is 1. The van der Waals surface area contributed by atoms with Crippen LogP contribution in [0.2, 0.25) is 5.02 Å². The zero-order valence-electron chi connectivity index (χ0n) is 16.1. The lowest BCUT2D eigenvalue weighted by Gasteiger charge is -2.40. The van der Waals surface area contributed by atoms with E-state index < -0.39 is 5.00 Å². The highest BCUT2D eigenvalue weighted by atomic mass is 35.5. The van der Waals surface area contributed by atoms with Crippen LogP contribution in [0, 0.1) is 0 Å². The van der Waals surface area contributed by atoms with E-state index in [9.17, 15) is 4.79 Å². The zero-order chi connectivity index (χ0) is 21.2. The van der Waals surface area contributed by atoms with Crippen LogP contribution in [-0.2, 0) is 11.4 Å². The van der Waals surface area contributed by atoms with E-state index in [4.69, 9.17) is 45.3 Å². The molecule has 0 saturated carbocycles. The zero-order valence-corrected chi connectivity index (χ0v) is 18.4. The summed E-state index contributed by atoms with van der Waals surface area (Å²) in [6, 6.07) is 13.2. The van der Waals surface area contributed by atoms with Gasteiger partial charge in [0.2, 0.25) is 5.91 Å². The molecule has 1 amide bonds. The number of rotatable bonds is 6. The summed E-state index contributed by atoms with van der Waals surface area (Å²) in [5.41, 5.74) is 8.19. The number of hydrogen-bond acceptors (Lipinski definition) is 4. The predicted octanol–water partition coefficient (Wildman–Crippen LogP) is 5.01. The number of likely N-dealkylation sites (N-methyl/N-ethyl adjacent to an activating group) is 1. The first kappa shape index (κ1) is 21.8. The first-order valence-electron chi connectivity index (χ1n) is 9.16. The number of fused-ring (bicyclic) bond motifs is 1. The van der Waals surface area contributed by atoms with Gasteiger partial charge in [0, 0.05) is 12.7 Å². The Bertz CT molecular complexity index is 950. The molecule has 0 spiro atoms. The molecule has 0 radical (unpaired) electrons. The van der Waals surface area contributed by atoms with Gasteiger partial charge in [0.15, 0.2) is 5.00 Å². The van der Waals surface area contributed by atoms with E-state index in [-0.39, 0.29) is 12.5 Å². The molecule has 8 heteroatoms. The van der Waals surface area contributed by atoms with Crippen LogP contribution in [0.25, 0.3) is 5.03 Å². The van der Waals surface area contributed by atoms with Crippen molar-refractivity contribution in [2.45, 2.75) is 24.9 Å². The summed E-state index contributed by atoms with van der Waals surface area (Å²) < 4.78 is 6.05. The first-order chi connectivity index (χ1) is 13.8. The molecule has 0 fully saturated rings. The number of amides is 1. The molecule has 0 aromatic heterocycles. The Balaban J connectivity index is 2.11. The molecule has 1 aliphatic rings. The van der Waals surface area contributed by atoms with Gasteiger partial charge in [0.05, 0.1) is 27.9 Å². The Hall–Kier alpha value is -1.92. The number of carbonyl (C=O) groups is 1. The molecule has 1 heterocycles. The van der Waals surface area contributed by atoms with Crippen LogP contribution >= 0.6 is 34.8 Å². The van der Waals surface area contributed by atoms with E-state index in [0.29, 0.717) is 45.8 Å². The number of nitrogens with zero attached hydrogens (tertiary/aromatic N) is 1. The van der Waals surface area contributed by atoms with Gasteiger partial charge >= 0.3 is 0 Å². The monoisotopic (exact) mass is 453 g/mol. The summed E-state index contributed by atoms with van der Waals surface area (Å²) in [6.45, 7) is 2.05. The molecule has 0 bridgehead atoms. The quantitative estimate of drug-likeness (QED) is 0.475. The van der Waals surface area contributed by atoms with E-state index in [0.717, 1.165) is 5.56 Å². The fraction of sp³-hybridized carbons (Fsp3) is 0.286. The van der Waals surface area contributed by atoms with Crippen molar-refractivity contribution in [1.29, 1.82) is 0 Å². The van der Waals surface area contributed by atoms with Gasteiger partial charge in [-0.2, -0.15) is 0 Å². The SMILES string of the molecule is CCC1(Cl)Nc2ccc(Cl)c(OCc3ccccc3)c2C(Cl)=C1N(C)C(=O)CN. The maximum absolute atomic E-state index is 12.3. The number of nitrogens with one attached hydrogen (secondary N) is 1. The van der Waals surface area contributed by atoms with Gasteiger partial charge in [-0.25, -0.2) is 0 Å². The van der Waals surface area contributed by atoms with Crippen LogP contribution in [0.1, 0.15) is 24.5 Å². The fourth-order valence-electron chi connectivity index (χ4n) is 3.25. The smallest absolute Gasteiger partial charge is 0.240 e. The van der Waals surface area contributed by atoms with Gasteiger partial charge in [0.25, 0.3) is 0 Å². The minimum absolute atomic E-state index is 0.166. The Morgan fingerprint density at radius 1 is 1.21 bits per heavy atom. The number of carbonyl (C=O) groups excluding carboxylic acids is 1. The van der Waals surface area contributed by atoms with Gasteiger partial charge in [-0.15, -0.1) is 0 Å². The second-order valence-corrected chi connectivity index (χ2v) is 8.10. The van der Waals surface area contributed by atoms with Crippen LogP contribution in [0.15, 0.2) is 48.2 Å². The highest BCUT2D eigenvalue weighted by molar-refractivity contribution is 6.52. The number of alkyl halides is 1. The number of nitrogens with two attached hydrogens (primary N) is 1. The Morgan fingerprint density at radius 3 is 2.52 bits per heavy atom. The second-order valence-electron chi connectivity index (χ2n) is 6.67. The summed E-state index contributed by atoms with van der Waals surface area (Å²) in [5.74, 6) is 0.113. The van der Waals surface area contributed by atoms with Crippen LogP contribution in [0.4, 0.5) is 5.69 Å². The van der Waals surface area contributed by atoms with E-state index in [1.165, 1.54) is 4.90 Å². The fourth-order valence-corrected chi connectivity index (χ4v) is 4.30. The number of benzene rings is 2. The van der Waals surface area contributed by atoms with Crippen molar-refractivity contribution < 1.29 is 9.53 Å². The van der Waals surface area contributed by atoms with Crippen molar-refractivity contribution >= 4 is 51.4 Å². The van der Waals surface area contributed by atoms with E-state index in [2.05, 4.69) is 5.32 Å². The summed E-state index contributed by atoms with van der Waals surface area (Å²) in [4.78, 5) is 12.6. The third-order valence-corrected chi connectivity index (χ3v) is 6.05. The number of halogens is 3. The molecule has 2 aromatic rings. The number of hydrogen-bond donors (Lipinski definition) is 2. The summed E-state index contributed by atoms with van der Waals surface area (Å²) in [7, 11) is 1.60. The standard InChI is InChI=1S/C21H22Cl3N3O2/c1-3-21(24)20(27(2)16(28)11-25)18(23)17-15(26-21)10-9-14(22)19(17)29-12-13-7-5-4-6-8-13/h4-10,26H,3,11-12,25H2,1-2H3. The average Bonchev–Trinajstić information content (AvgIpc) is 2.73. The lowest BCUT2D eigenvalue weighted by molar-refractivity contribution is -0.126. The van der Waals surface area contributed by atoms with Crippen molar-refractivity contribution in [3.63, 3.8) is 0 Å². The molecule has 3 rings (SSSR count).